The van der Waals surface area contributed by atoms with E-state index in [1.165, 1.54) is 16.2 Å². The van der Waals surface area contributed by atoms with Crippen LogP contribution in [0, 0.1) is 0 Å². The third kappa shape index (κ3) is 7.89. The van der Waals surface area contributed by atoms with Gasteiger partial charge in [0.15, 0.2) is 22.7 Å². The molecule has 0 aliphatic heterocycles. The van der Waals surface area contributed by atoms with E-state index in [-0.39, 0.29) is 29.7 Å². The first kappa shape index (κ1) is 32.2. The van der Waals surface area contributed by atoms with Gasteiger partial charge in [-0.25, -0.2) is 9.78 Å². The minimum Gasteiger partial charge on any atom is -0.493 e. The summed E-state index contributed by atoms with van der Waals surface area (Å²) in [5, 5.41) is 2.89. The van der Waals surface area contributed by atoms with Gasteiger partial charge in [-0.05, 0) is 56.9 Å². The number of esters is 1. The van der Waals surface area contributed by atoms with E-state index in [1.807, 2.05) is 25.1 Å². The Labute approximate surface area is 244 Å². The molecule has 1 aromatic carbocycles. The predicted octanol–water partition coefficient (Wildman–Crippen LogP) is 3.12. The van der Waals surface area contributed by atoms with Crippen LogP contribution >= 0.6 is 0 Å². The lowest BCUT2D eigenvalue weighted by Crippen LogP contribution is -2.39. The number of aryl methyl sites for hydroxylation is 2. The fraction of sp³-hybridized carbons (Fsp3) is 0.500. The Morgan fingerprint density at radius 2 is 1.71 bits per heavy atom. The van der Waals surface area contributed by atoms with Crippen LogP contribution in [0.3, 0.4) is 0 Å². The van der Waals surface area contributed by atoms with Gasteiger partial charge in [0, 0.05) is 39.5 Å². The van der Waals surface area contributed by atoms with Crippen molar-refractivity contribution in [2.24, 2.45) is 7.05 Å². The summed E-state index contributed by atoms with van der Waals surface area (Å²) in [4.78, 5) is 53.4. The van der Waals surface area contributed by atoms with Crippen LogP contribution < -0.4 is 26.0 Å². The number of benzene rings is 1. The highest BCUT2D eigenvalue weighted by molar-refractivity contribution is 5.77. The molecule has 1 amide bonds. The summed E-state index contributed by atoms with van der Waals surface area (Å²) in [6.07, 6.45) is 7.33. The second-order valence-corrected chi connectivity index (χ2v) is 9.71. The number of nitrogens with one attached hydrogen (secondary N) is 1. The van der Waals surface area contributed by atoms with Crippen molar-refractivity contribution < 1.29 is 23.8 Å². The third-order valence-electron chi connectivity index (χ3n) is 6.93. The van der Waals surface area contributed by atoms with Crippen LogP contribution in [0.25, 0.3) is 23.3 Å². The number of carbonyl (C=O) groups excluding carboxylic acids is 2. The highest BCUT2D eigenvalue weighted by Crippen LogP contribution is 2.29. The summed E-state index contributed by atoms with van der Waals surface area (Å²) in [6, 6.07) is 5.50. The molecule has 0 aliphatic carbocycles. The molecule has 3 aromatic rings. The number of hydrogen-bond acceptors (Lipinski definition) is 8. The van der Waals surface area contributed by atoms with Crippen LogP contribution in [-0.4, -0.2) is 57.9 Å². The zero-order valence-corrected chi connectivity index (χ0v) is 25.1. The minimum absolute atomic E-state index is 0.0366. The minimum atomic E-state index is -0.365. The summed E-state index contributed by atoms with van der Waals surface area (Å²) in [5.41, 5.74) is 0.853. The van der Waals surface area contributed by atoms with Crippen molar-refractivity contribution in [2.75, 3.05) is 27.4 Å². The average Bonchev–Trinajstić information content (AvgIpc) is 3.32. The van der Waals surface area contributed by atoms with E-state index in [9.17, 15) is 19.2 Å². The van der Waals surface area contributed by atoms with E-state index in [2.05, 4.69) is 15.0 Å². The highest BCUT2D eigenvalue weighted by Gasteiger charge is 2.18. The first-order chi connectivity index (χ1) is 20.2. The fourth-order valence-corrected chi connectivity index (χ4v) is 4.57. The summed E-state index contributed by atoms with van der Waals surface area (Å²) < 4.78 is 20.4. The molecular formula is C30H41N5O7. The molecule has 42 heavy (non-hydrogen) atoms. The van der Waals surface area contributed by atoms with Gasteiger partial charge in [0.05, 0.1) is 20.8 Å². The zero-order valence-electron chi connectivity index (χ0n) is 25.1. The van der Waals surface area contributed by atoms with Crippen LogP contribution in [-0.2, 0) is 34.5 Å². The van der Waals surface area contributed by atoms with E-state index < -0.39 is 0 Å². The molecule has 0 aliphatic rings. The first-order valence-electron chi connectivity index (χ1n) is 14.3. The van der Waals surface area contributed by atoms with Gasteiger partial charge in [0.1, 0.15) is 5.82 Å². The molecule has 228 valence electrons. The van der Waals surface area contributed by atoms with Gasteiger partial charge in [0.25, 0.3) is 5.56 Å². The van der Waals surface area contributed by atoms with Gasteiger partial charge < -0.3 is 24.1 Å². The van der Waals surface area contributed by atoms with Gasteiger partial charge in [-0.1, -0.05) is 18.6 Å². The summed E-state index contributed by atoms with van der Waals surface area (Å²) >= 11 is 0. The number of hydrogen-bond donors (Lipinski definition) is 1. The normalized spacial score (nSPS) is 11.3. The second-order valence-electron chi connectivity index (χ2n) is 9.71. The van der Waals surface area contributed by atoms with Crippen molar-refractivity contribution in [2.45, 2.75) is 65.5 Å². The fourth-order valence-electron chi connectivity index (χ4n) is 4.57. The summed E-state index contributed by atoms with van der Waals surface area (Å²) in [7, 11) is 4.69. The third-order valence-corrected chi connectivity index (χ3v) is 6.93. The number of ether oxygens (including phenoxy) is 3. The summed E-state index contributed by atoms with van der Waals surface area (Å²) in [6.45, 7) is 5.23. The Kier molecular flexibility index (Phi) is 11.9. The van der Waals surface area contributed by atoms with Crippen molar-refractivity contribution in [3.05, 3.63) is 50.4 Å². The Balaban J connectivity index is 1.56. The van der Waals surface area contributed by atoms with Crippen LogP contribution in [0.5, 0.6) is 11.5 Å². The van der Waals surface area contributed by atoms with Crippen molar-refractivity contribution in [1.29, 1.82) is 0 Å². The van der Waals surface area contributed by atoms with Gasteiger partial charge in [-0.3, -0.25) is 23.5 Å². The van der Waals surface area contributed by atoms with Crippen molar-refractivity contribution in [1.82, 2.24) is 24.0 Å². The number of amides is 1. The lowest BCUT2D eigenvalue weighted by molar-refractivity contribution is -0.140. The van der Waals surface area contributed by atoms with Crippen LogP contribution in [0.2, 0.25) is 0 Å². The van der Waals surface area contributed by atoms with Crippen LogP contribution in [0.15, 0.2) is 27.8 Å². The average molecular weight is 584 g/mol. The summed E-state index contributed by atoms with van der Waals surface area (Å²) in [5.74, 6) is 1.40. The molecule has 2 aromatic heterocycles. The maximum Gasteiger partial charge on any atom is 0.332 e. The molecule has 0 saturated carbocycles. The lowest BCUT2D eigenvalue weighted by Gasteiger charge is -2.11. The van der Waals surface area contributed by atoms with E-state index in [0.717, 1.165) is 24.8 Å². The largest absolute Gasteiger partial charge is 0.493 e. The molecule has 12 heteroatoms. The molecule has 3 rings (SSSR count). The SMILES string of the molecule is CCn1c(=O)c2c(nc(/C=C/c3ccc(OCCCC(=O)NCCCCCC(=O)OC)c(OC)c3)n2C)n(CC)c1=O. The number of carbonyl (C=O) groups is 2. The number of unbranched alkanes of at least 4 members (excludes halogenated alkanes) is 2. The topological polar surface area (TPSA) is 136 Å². The Hall–Kier alpha value is -4.35. The maximum absolute atomic E-state index is 12.9. The standard InChI is InChI=1S/C30H41N5O7/c1-6-34-28-27(29(38)35(7-2)30(34)39)33(3)24(32-28)17-15-21-14-16-22(23(20-21)40-4)42-19-11-12-25(36)31-18-10-8-9-13-26(37)41-5/h14-17,20H,6-13,18-19H2,1-5H3,(H,31,36)/b17-15+. The lowest BCUT2D eigenvalue weighted by atomic mass is 10.2. The molecule has 0 fully saturated rings. The molecule has 0 spiro atoms. The van der Waals surface area contributed by atoms with Gasteiger partial charge in [-0.15, -0.1) is 0 Å². The van der Waals surface area contributed by atoms with E-state index in [1.54, 1.807) is 37.8 Å². The number of methoxy groups -OCH3 is 2. The van der Waals surface area contributed by atoms with Crippen molar-refractivity contribution in [3.8, 4) is 11.5 Å². The first-order valence-corrected chi connectivity index (χ1v) is 14.3. The monoisotopic (exact) mass is 583 g/mol. The number of rotatable bonds is 16. The molecule has 0 bridgehead atoms. The Morgan fingerprint density at radius 1 is 0.952 bits per heavy atom. The molecule has 2 heterocycles. The molecule has 0 atom stereocenters. The Morgan fingerprint density at radius 3 is 2.40 bits per heavy atom. The number of nitrogens with zero attached hydrogens (tertiary/aromatic N) is 4. The second kappa shape index (κ2) is 15.6. The van der Waals surface area contributed by atoms with Gasteiger partial charge >= 0.3 is 11.7 Å². The van der Waals surface area contributed by atoms with E-state index in [4.69, 9.17) is 9.47 Å². The quantitative estimate of drug-likeness (QED) is 0.201. The molecule has 1 N–H and O–H groups in total. The van der Waals surface area contributed by atoms with E-state index >= 15 is 0 Å². The Bertz CT molecular complexity index is 1530. The van der Waals surface area contributed by atoms with Gasteiger partial charge in [-0.2, -0.15) is 0 Å². The smallest absolute Gasteiger partial charge is 0.332 e. The van der Waals surface area contributed by atoms with Crippen LogP contribution in [0.1, 0.15) is 63.8 Å². The highest BCUT2D eigenvalue weighted by atomic mass is 16.5. The zero-order chi connectivity index (χ0) is 30.6. The number of imidazole rings is 1. The van der Waals surface area contributed by atoms with E-state index in [0.29, 0.717) is 67.4 Å². The van der Waals surface area contributed by atoms with Crippen LogP contribution in [0.4, 0.5) is 0 Å². The molecule has 0 saturated heterocycles. The molecule has 0 radical (unpaired) electrons. The molecular weight excluding hydrogens is 542 g/mol. The van der Waals surface area contributed by atoms with Crippen molar-refractivity contribution in [3.63, 3.8) is 0 Å². The molecule has 12 nitrogen and oxygen atoms in total. The van der Waals surface area contributed by atoms with Crippen molar-refractivity contribution >= 4 is 35.2 Å². The number of aromatic nitrogens is 4. The molecule has 0 unspecified atom stereocenters. The maximum atomic E-state index is 12.9. The van der Waals surface area contributed by atoms with Gasteiger partial charge in [0.2, 0.25) is 5.91 Å². The predicted molar refractivity (Wildman–Crippen MR) is 161 cm³/mol. The number of fused-ring (bicyclic) bond motifs is 1.